The molecule has 0 aliphatic carbocycles. The smallest absolute Gasteiger partial charge is 0.276 e. The summed E-state index contributed by atoms with van der Waals surface area (Å²) in [5.74, 6) is -0.655. The molecule has 2 aromatic carbocycles. The van der Waals surface area contributed by atoms with Crippen molar-refractivity contribution in [3.63, 3.8) is 0 Å². The summed E-state index contributed by atoms with van der Waals surface area (Å²) in [6.07, 6.45) is 0.744. The minimum atomic E-state index is -4.15. The number of benzene rings is 2. The van der Waals surface area contributed by atoms with Crippen molar-refractivity contribution in [1.29, 1.82) is 5.26 Å². The van der Waals surface area contributed by atoms with E-state index in [1.807, 2.05) is 6.07 Å². The highest BCUT2D eigenvalue weighted by Gasteiger charge is 2.28. The fraction of sp³-hybridized carbons (Fsp3) is 0.133. The van der Waals surface area contributed by atoms with Crippen LogP contribution in [0.2, 0.25) is 10.0 Å². The van der Waals surface area contributed by atoms with Crippen molar-refractivity contribution in [1.82, 2.24) is 0 Å². The van der Waals surface area contributed by atoms with Crippen LogP contribution in [0, 0.1) is 17.1 Å². The maximum atomic E-state index is 13.3. The fourth-order valence-electron chi connectivity index (χ4n) is 2.23. The van der Waals surface area contributed by atoms with E-state index in [2.05, 4.69) is 5.32 Å². The Balaban J connectivity index is 2.57. The lowest BCUT2D eigenvalue weighted by atomic mass is 10.1. The van der Waals surface area contributed by atoms with Crippen LogP contribution in [0.25, 0.3) is 0 Å². The van der Waals surface area contributed by atoms with Crippen molar-refractivity contribution >= 4 is 55.9 Å². The number of halogens is 3. The summed E-state index contributed by atoms with van der Waals surface area (Å²) in [5, 5.41) is 12.3. The molecule has 0 amide bonds. The third kappa shape index (κ3) is 5.09. The first-order valence-corrected chi connectivity index (χ1v) is 10.7. The van der Waals surface area contributed by atoms with E-state index in [1.165, 1.54) is 30.3 Å². The van der Waals surface area contributed by atoms with Crippen LogP contribution >= 0.6 is 23.2 Å². The van der Waals surface area contributed by atoms with Crippen LogP contribution in [0.5, 0.6) is 0 Å². The van der Waals surface area contributed by atoms with Crippen LogP contribution in [0.4, 0.5) is 15.8 Å². The van der Waals surface area contributed by atoms with E-state index in [1.54, 1.807) is 0 Å². The first-order valence-electron chi connectivity index (χ1n) is 7.06. The zero-order valence-electron chi connectivity index (χ0n) is 13.6. The zero-order valence-corrected chi connectivity index (χ0v) is 16.7. The second-order valence-corrected chi connectivity index (χ2v) is 8.99. The summed E-state index contributed by atoms with van der Waals surface area (Å²) >= 11 is 8.75. The first kappa shape index (κ1) is 21.4. The fourth-order valence-corrected chi connectivity index (χ4v) is 4.38. The van der Waals surface area contributed by atoms with Crippen LogP contribution in [0.1, 0.15) is 11.6 Å². The van der Waals surface area contributed by atoms with E-state index in [9.17, 15) is 26.8 Å². The number of anilines is 2. The van der Waals surface area contributed by atoms with Crippen LogP contribution < -0.4 is 9.03 Å². The predicted molar refractivity (Wildman–Crippen MR) is 103 cm³/mol. The second kappa shape index (κ2) is 8.41. The molecule has 0 bridgehead atoms. The van der Waals surface area contributed by atoms with Gasteiger partial charge in [-0.3, -0.25) is 4.55 Å². The summed E-state index contributed by atoms with van der Waals surface area (Å²) in [6.45, 7) is 0. The summed E-state index contributed by atoms with van der Waals surface area (Å²) < 4.78 is 58.5. The topological polar surface area (TPSA) is 111 Å². The maximum Gasteiger partial charge on any atom is 0.276 e. The lowest BCUT2D eigenvalue weighted by Crippen LogP contribution is -2.32. The lowest BCUT2D eigenvalue weighted by molar-refractivity contribution is 0.561. The van der Waals surface area contributed by atoms with Gasteiger partial charge in [0.15, 0.2) is 0 Å². The lowest BCUT2D eigenvalue weighted by Gasteiger charge is -2.23. The Hall–Kier alpha value is -1.90. The highest BCUT2D eigenvalue weighted by molar-refractivity contribution is 8.05. The van der Waals surface area contributed by atoms with Gasteiger partial charge in [0.2, 0.25) is 10.0 Å². The Bertz CT molecular complexity index is 1040. The van der Waals surface area contributed by atoms with E-state index < -0.39 is 33.1 Å². The van der Waals surface area contributed by atoms with Gasteiger partial charge < -0.3 is 5.32 Å². The number of sulfonamides is 1. The molecule has 0 fully saturated rings. The molecule has 7 nitrogen and oxygen atoms in total. The van der Waals surface area contributed by atoms with Crippen molar-refractivity contribution in [2.24, 2.45) is 0 Å². The molecule has 27 heavy (non-hydrogen) atoms. The van der Waals surface area contributed by atoms with Crippen LogP contribution in [-0.2, 0) is 21.3 Å². The zero-order chi connectivity index (χ0) is 20.4. The Labute approximate surface area is 167 Å². The molecule has 0 saturated heterocycles. The van der Waals surface area contributed by atoms with Crippen molar-refractivity contribution in [2.45, 2.75) is 6.04 Å². The maximum absolute atomic E-state index is 13.3. The number of hydrogen-bond acceptors (Lipinski definition) is 5. The minimum Gasteiger partial charge on any atom is -0.366 e. The Morgan fingerprint density at radius 1 is 1.30 bits per heavy atom. The van der Waals surface area contributed by atoms with E-state index in [0.717, 1.165) is 12.3 Å². The Morgan fingerprint density at radius 3 is 2.48 bits per heavy atom. The van der Waals surface area contributed by atoms with Gasteiger partial charge in [-0.05, 0) is 36.4 Å². The van der Waals surface area contributed by atoms with Crippen molar-refractivity contribution < 1.29 is 21.6 Å². The average molecular weight is 452 g/mol. The largest absolute Gasteiger partial charge is 0.366 e. The van der Waals surface area contributed by atoms with E-state index in [0.29, 0.717) is 0 Å². The van der Waals surface area contributed by atoms with E-state index in [-0.39, 0.29) is 30.7 Å². The normalized spacial score (nSPS) is 13.5. The summed E-state index contributed by atoms with van der Waals surface area (Å²) in [6, 6.07) is 8.18. The van der Waals surface area contributed by atoms with Gasteiger partial charge in [-0.2, -0.15) is 8.97 Å². The van der Waals surface area contributed by atoms with Crippen molar-refractivity contribution in [3.8, 4) is 6.07 Å². The molecule has 0 saturated carbocycles. The third-order valence-corrected chi connectivity index (χ3v) is 6.30. The van der Waals surface area contributed by atoms with Gasteiger partial charge >= 0.3 is 0 Å². The molecule has 2 aromatic rings. The molecule has 12 heteroatoms. The monoisotopic (exact) mass is 451 g/mol. The molecule has 2 unspecified atom stereocenters. The molecule has 144 valence electrons. The number of rotatable bonds is 6. The average Bonchev–Trinajstić information content (AvgIpc) is 2.56. The quantitative estimate of drug-likeness (QED) is 0.647. The minimum absolute atomic E-state index is 0.0262. The third-order valence-electron chi connectivity index (χ3n) is 3.30. The van der Waals surface area contributed by atoms with Gasteiger partial charge in [-0.15, -0.1) is 0 Å². The second-order valence-electron chi connectivity index (χ2n) is 5.26. The molecule has 0 radical (unpaired) electrons. The predicted octanol–water partition coefficient (Wildman–Crippen LogP) is 3.71. The van der Waals surface area contributed by atoms with Gasteiger partial charge in [0.1, 0.15) is 11.9 Å². The molecule has 0 aliphatic heterocycles. The standard InChI is InChI=1S/C15H12Cl2FN3O4S2/c1-27(24,25)21(26(22)23)15-5-2-9(16)6-11(15)14(8-19)20-10-3-4-13(18)12(17)7-10/h2-7,14,20H,1H3,(H,22,23). The van der Waals surface area contributed by atoms with Crippen LogP contribution in [0.15, 0.2) is 36.4 Å². The number of hydrogen-bond donors (Lipinski definition) is 2. The van der Waals surface area contributed by atoms with Gasteiger partial charge in [0.05, 0.1) is 23.0 Å². The molecule has 0 aliphatic rings. The molecule has 0 spiro atoms. The Kier molecular flexibility index (Phi) is 6.67. The number of nitriles is 1. The SMILES string of the molecule is CS(=O)(=O)N(c1ccc(Cl)cc1C(C#N)Nc1ccc(F)c(Cl)c1)S(=O)O. The van der Waals surface area contributed by atoms with Crippen molar-refractivity contribution in [3.05, 3.63) is 57.8 Å². The molecular weight excluding hydrogens is 440 g/mol. The highest BCUT2D eigenvalue weighted by atomic mass is 35.5. The summed E-state index contributed by atoms with van der Waals surface area (Å²) in [7, 11) is -4.15. The highest BCUT2D eigenvalue weighted by Crippen LogP contribution is 2.34. The first-order chi connectivity index (χ1) is 12.5. The van der Waals surface area contributed by atoms with Crippen molar-refractivity contribution in [2.75, 3.05) is 15.3 Å². The number of nitrogens with one attached hydrogen (secondary N) is 1. The Morgan fingerprint density at radius 2 is 1.96 bits per heavy atom. The van der Waals surface area contributed by atoms with Gasteiger partial charge in [0, 0.05) is 16.3 Å². The van der Waals surface area contributed by atoms with Gasteiger partial charge in [0.25, 0.3) is 11.3 Å². The van der Waals surface area contributed by atoms with E-state index in [4.69, 9.17) is 23.2 Å². The van der Waals surface area contributed by atoms with E-state index >= 15 is 0 Å². The number of nitrogens with zero attached hydrogens (tertiary/aromatic N) is 2. The van der Waals surface area contributed by atoms with Crippen LogP contribution in [-0.4, -0.2) is 23.4 Å². The molecule has 0 heterocycles. The van der Waals surface area contributed by atoms with Crippen LogP contribution in [0.3, 0.4) is 0 Å². The van der Waals surface area contributed by atoms with Gasteiger partial charge in [-0.25, -0.2) is 17.0 Å². The summed E-state index contributed by atoms with van der Waals surface area (Å²) in [4.78, 5) is 0. The summed E-state index contributed by atoms with van der Waals surface area (Å²) in [5.41, 5.74) is 0.0863. The van der Waals surface area contributed by atoms with Gasteiger partial charge in [-0.1, -0.05) is 23.2 Å². The molecular formula is C15H12Cl2FN3O4S2. The molecule has 2 N–H and O–H groups in total. The molecule has 2 rings (SSSR count). The molecule has 2 atom stereocenters. The molecule has 0 aromatic heterocycles.